The maximum atomic E-state index is 11.9. The number of amides is 2. The lowest BCUT2D eigenvalue weighted by atomic mass is 10.1. The second-order valence-electron chi connectivity index (χ2n) is 5.89. The van der Waals surface area contributed by atoms with E-state index < -0.39 is 16.7 Å². The minimum atomic E-state index is -0.965. The summed E-state index contributed by atoms with van der Waals surface area (Å²) in [6, 6.07) is 15.6. The number of hydrazone groups is 1. The number of non-ortho nitro benzene ring substituents is 1. The van der Waals surface area contributed by atoms with Crippen molar-refractivity contribution in [3.05, 3.63) is 76.5 Å². The van der Waals surface area contributed by atoms with Gasteiger partial charge in [0.1, 0.15) is 17.3 Å². The van der Waals surface area contributed by atoms with Crippen LogP contribution in [0, 0.1) is 10.1 Å². The van der Waals surface area contributed by atoms with E-state index in [-0.39, 0.29) is 11.4 Å². The lowest BCUT2D eigenvalue weighted by molar-refractivity contribution is -0.384. The van der Waals surface area contributed by atoms with Gasteiger partial charge in [0, 0.05) is 23.4 Å². The van der Waals surface area contributed by atoms with Crippen LogP contribution in [0.25, 0.3) is 11.3 Å². The highest BCUT2D eigenvalue weighted by atomic mass is 16.6. The first kappa shape index (κ1) is 20.3. The van der Waals surface area contributed by atoms with E-state index in [4.69, 9.17) is 9.15 Å². The molecule has 1 heterocycles. The van der Waals surface area contributed by atoms with Crippen LogP contribution in [0.4, 0.5) is 11.4 Å². The molecule has 10 nitrogen and oxygen atoms in total. The summed E-state index contributed by atoms with van der Waals surface area (Å²) in [7, 11) is 1.52. The third kappa shape index (κ3) is 5.07. The predicted octanol–water partition coefficient (Wildman–Crippen LogP) is 2.95. The van der Waals surface area contributed by atoms with Crippen molar-refractivity contribution in [1.82, 2.24) is 5.43 Å². The molecule has 0 spiro atoms. The Balaban J connectivity index is 1.57. The summed E-state index contributed by atoms with van der Waals surface area (Å²) in [5.41, 5.74) is 2.97. The standard InChI is InChI=1S/C20H16N4O6/c1-29-16-7-5-14(6-8-16)22-19(25)20(26)23-21-12-17-9-10-18(30-17)13-3-2-4-15(11-13)24(27)28/h2-12H,1H3,(H,22,25)(H,23,26)/b21-12+. The van der Waals surface area contributed by atoms with Crippen LogP contribution >= 0.6 is 0 Å². The first-order chi connectivity index (χ1) is 14.5. The van der Waals surface area contributed by atoms with Crippen LogP contribution in [0.15, 0.2) is 70.2 Å². The molecular formula is C20H16N4O6. The van der Waals surface area contributed by atoms with Crippen molar-refractivity contribution < 1.29 is 23.7 Å². The van der Waals surface area contributed by atoms with Gasteiger partial charge < -0.3 is 14.5 Å². The molecule has 0 atom stereocenters. The summed E-state index contributed by atoms with van der Waals surface area (Å²) in [5, 5.41) is 17.0. The Bertz CT molecular complexity index is 1100. The van der Waals surface area contributed by atoms with Crippen LogP contribution in [-0.4, -0.2) is 30.1 Å². The van der Waals surface area contributed by atoms with Crippen molar-refractivity contribution in [2.75, 3.05) is 12.4 Å². The molecule has 152 valence electrons. The van der Waals surface area contributed by atoms with Gasteiger partial charge >= 0.3 is 11.8 Å². The van der Waals surface area contributed by atoms with Gasteiger partial charge in [0.05, 0.1) is 18.2 Å². The second kappa shape index (κ2) is 9.15. The lowest BCUT2D eigenvalue weighted by Gasteiger charge is -2.05. The molecule has 0 aliphatic heterocycles. The van der Waals surface area contributed by atoms with Crippen molar-refractivity contribution in [2.45, 2.75) is 0 Å². The Morgan fingerprint density at radius 1 is 1.10 bits per heavy atom. The Morgan fingerprint density at radius 3 is 2.57 bits per heavy atom. The molecule has 2 amide bonds. The minimum Gasteiger partial charge on any atom is -0.497 e. The Hall–Kier alpha value is -4.47. The van der Waals surface area contributed by atoms with Gasteiger partial charge in [-0.3, -0.25) is 19.7 Å². The molecule has 0 bridgehead atoms. The number of nitro groups is 1. The summed E-state index contributed by atoms with van der Waals surface area (Å²) in [6.45, 7) is 0. The highest BCUT2D eigenvalue weighted by Crippen LogP contribution is 2.25. The third-order valence-corrected chi connectivity index (χ3v) is 3.88. The first-order valence-corrected chi connectivity index (χ1v) is 8.59. The van der Waals surface area contributed by atoms with Crippen molar-refractivity contribution >= 4 is 29.4 Å². The highest BCUT2D eigenvalue weighted by Gasteiger charge is 2.13. The molecule has 0 aliphatic carbocycles. The number of carbonyl (C=O) groups excluding carboxylic acids is 2. The van der Waals surface area contributed by atoms with Gasteiger partial charge in [-0.05, 0) is 36.4 Å². The zero-order valence-electron chi connectivity index (χ0n) is 15.7. The number of benzene rings is 2. The molecule has 1 aromatic heterocycles. The van der Waals surface area contributed by atoms with Gasteiger partial charge in [-0.1, -0.05) is 12.1 Å². The number of rotatable bonds is 6. The average Bonchev–Trinajstić information content (AvgIpc) is 3.23. The maximum Gasteiger partial charge on any atom is 0.329 e. The topological polar surface area (TPSA) is 136 Å². The van der Waals surface area contributed by atoms with Gasteiger partial charge in [0.15, 0.2) is 0 Å². The largest absolute Gasteiger partial charge is 0.497 e. The molecule has 30 heavy (non-hydrogen) atoms. The van der Waals surface area contributed by atoms with Crippen LogP contribution in [0.5, 0.6) is 5.75 Å². The summed E-state index contributed by atoms with van der Waals surface area (Å²) < 4.78 is 10.5. The summed E-state index contributed by atoms with van der Waals surface area (Å²) >= 11 is 0. The van der Waals surface area contributed by atoms with E-state index >= 15 is 0 Å². The minimum absolute atomic E-state index is 0.0609. The number of nitrogens with one attached hydrogen (secondary N) is 2. The smallest absolute Gasteiger partial charge is 0.329 e. The number of nitro benzene ring substituents is 1. The molecule has 3 rings (SSSR count). The quantitative estimate of drug-likeness (QED) is 0.278. The van der Waals surface area contributed by atoms with Gasteiger partial charge in [-0.15, -0.1) is 0 Å². The van der Waals surface area contributed by atoms with Gasteiger partial charge in [0.25, 0.3) is 5.69 Å². The number of anilines is 1. The molecule has 0 saturated heterocycles. The number of furan rings is 1. The second-order valence-corrected chi connectivity index (χ2v) is 5.89. The molecule has 2 N–H and O–H groups in total. The molecule has 3 aromatic rings. The summed E-state index contributed by atoms with van der Waals surface area (Å²) in [4.78, 5) is 34.1. The monoisotopic (exact) mass is 408 g/mol. The zero-order chi connectivity index (χ0) is 21.5. The first-order valence-electron chi connectivity index (χ1n) is 8.59. The van der Waals surface area contributed by atoms with Crippen LogP contribution in [0.3, 0.4) is 0 Å². The van der Waals surface area contributed by atoms with Crippen molar-refractivity contribution in [3.8, 4) is 17.1 Å². The lowest BCUT2D eigenvalue weighted by Crippen LogP contribution is -2.32. The molecular weight excluding hydrogens is 392 g/mol. The van der Waals surface area contributed by atoms with E-state index in [0.717, 1.165) is 0 Å². The number of hydrogen-bond acceptors (Lipinski definition) is 7. The molecule has 0 fully saturated rings. The number of methoxy groups -OCH3 is 1. The van der Waals surface area contributed by atoms with Crippen molar-refractivity contribution in [3.63, 3.8) is 0 Å². The predicted molar refractivity (Wildman–Crippen MR) is 108 cm³/mol. The van der Waals surface area contributed by atoms with E-state index in [1.54, 1.807) is 48.5 Å². The Kier molecular flexibility index (Phi) is 6.18. The third-order valence-electron chi connectivity index (χ3n) is 3.88. The van der Waals surface area contributed by atoms with E-state index in [1.165, 1.54) is 25.5 Å². The van der Waals surface area contributed by atoms with Crippen LogP contribution in [-0.2, 0) is 9.59 Å². The molecule has 0 radical (unpaired) electrons. The SMILES string of the molecule is COc1ccc(NC(=O)C(=O)N/N=C/c2ccc(-c3cccc([N+](=O)[O-])c3)o2)cc1. The average molecular weight is 408 g/mol. The Morgan fingerprint density at radius 2 is 1.87 bits per heavy atom. The Labute approximate surface area is 170 Å². The fourth-order valence-corrected chi connectivity index (χ4v) is 2.42. The number of carbonyl (C=O) groups is 2. The normalized spacial score (nSPS) is 10.6. The maximum absolute atomic E-state index is 11.9. The molecule has 0 unspecified atom stereocenters. The van der Waals surface area contributed by atoms with E-state index in [1.807, 2.05) is 0 Å². The van der Waals surface area contributed by atoms with E-state index in [2.05, 4.69) is 15.8 Å². The van der Waals surface area contributed by atoms with Crippen LogP contribution < -0.4 is 15.5 Å². The van der Waals surface area contributed by atoms with Crippen molar-refractivity contribution in [2.24, 2.45) is 5.10 Å². The fraction of sp³-hybridized carbons (Fsp3) is 0.0500. The highest BCUT2D eigenvalue weighted by molar-refractivity contribution is 6.39. The zero-order valence-corrected chi connectivity index (χ0v) is 15.7. The van der Waals surface area contributed by atoms with E-state index in [9.17, 15) is 19.7 Å². The van der Waals surface area contributed by atoms with Gasteiger partial charge in [0.2, 0.25) is 0 Å². The van der Waals surface area contributed by atoms with Crippen LogP contribution in [0.2, 0.25) is 0 Å². The summed E-state index contributed by atoms with van der Waals surface area (Å²) in [6.07, 6.45) is 1.21. The number of nitrogens with zero attached hydrogens (tertiary/aromatic N) is 2. The van der Waals surface area contributed by atoms with Gasteiger partial charge in [-0.2, -0.15) is 5.10 Å². The van der Waals surface area contributed by atoms with Crippen LogP contribution in [0.1, 0.15) is 5.76 Å². The van der Waals surface area contributed by atoms with Crippen molar-refractivity contribution in [1.29, 1.82) is 0 Å². The summed E-state index contributed by atoms with van der Waals surface area (Å²) in [5.74, 6) is -0.567. The van der Waals surface area contributed by atoms with Gasteiger partial charge in [-0.25, -0.2) is 5.43 Å². The molecule has 2 aromatic carbocycles. The molecule has 0 saturated carbocycles. The molecule has 10 heteroatoms. The fourth-order valence-electron chi connectivity index (χ4n) is 2.42. The van der Waals surface area contributed by atoms with E-state index in [0.29, 0.717) is 22.8 Å². The number of ether oxygens (including phenoxy) is 1. The number of hydrogen-bond donors (Lipinski definition) is 2. The molecule has 0 aliphatic rings.